The number of hydrogen-bond donors (Lipinski definition) is 1. The third-order valence-corrected chi connectivity index (χ3v) is 4.83. The zero-order chi connectivity index (χ0) is 13.3. The van der Waals surface area contributed by atoms with E-state index in [0.29, 0.717) is 5.56 Å². The van der Waals surface area contributed by atoms with Gasteiger partial charge in [-0.2, -0.15) is 0 Å². The van der Waals surface area contributed by atoms with Crippen LogP contribution in [0.3, 0.4) is 0 Å². The minimum atomic E-state index is -0.769. The van der Waals surface area contributed by atoms with Crippen LogP contribution in [0.2, 0.25) is 0 Å². The summed E-state index contributed by atoms with van der Waals surface area (Å²) in [6.45, 7) is 1.97. The summed E-state index contributed by atoms with van der Waals surface area (Å²) in [5, 5.41) is 10.3. The standard InChI is InChI=1S/C13H12BrFO2S/c1-7-9(14)6-12(18-7)13(16)8-3-4-10(15)11(5-8)17-2/h3-6,13,16H,1-2H3. The highest BCUT2D eigenvalue weighted by Crippen LogP contribution is 2.34. The molecule has 1 aromatic heterocycles. The molecule has 2 aromatic rings. The summed E-state index contributed by atoms with van der Waals surface area (Å²) < 4.78 is 19.2. The van der Waals surface area contributed by atoms with Crippen molar-refractivity contribution in [2.45, 2.75) is 13.0 Å². The third kappa shape index (κ3) is 2.58. The Kier molecular flexibility index (Phi) is 4.04. The zero-order valence-corrected chi connectivity index (χ0v) is 12.3. The molecule has 0 fully saturated rings. The second kappa shape index (κ2) is 5.38. The smallest absolute Gasteiger partial charge is 0.165 e. The number of ether oxygens (including phenoxy) is 1. The van der Waals surface area contributed by atoms with Gasteiger partial charge in [0, 0.05) is 14.2 Å². The van der Waals surface area contributed by atoms with Gasteiger partial charge in [-0.1, -0.05) is 6.07 Å². The molecular weight excluding hydrogens is 319 g/mol. The Morgan fingerprint density at radius 3 is 2.67 bits per heavy atom. The molecule has 2 nitrogen and oxygen atoms in total. The number of aliphatic hydroxyl groups excluding tert-OH is 1. The Labute approximate surface area is 117 Å². The van der Waals surface area contributed by atoms with Gasteiger partial charge in [0.15, 0.2) is 11.6 Å². The van der Waals surface area contributed by atoms with E-state index in [0.717, 1.165) is 14.2 Å². The van der Waals surface area contributed by atoms with E-state index in [4.69, 9.17) is 4.74 Å². The lowest BCUT2D eigenvalue weighted by molar-refractivity contribution is 0.223. The van der Waals surface area contributed by atoms with E-state index >= 15 is 0 Å². The predicted octanol–water partition coefficient (Wildman–Crippen LogP) is 4.05. The molecule has 1 heterocycles. The Bertz CT molecular complexity index is 549. The van der Waals surface area contributed by atoms with Crippen molar-refractivity contribution in [1.29, 1.82) is 0 Å². The quantitative estimate of drug-likeness (QED) is 0.919. The van der Waals surface area contributed by atoms with Gasteiger partial charge >= 0.3 is 0 Å². The Hall–Kier alpha value is -0.910. The molecule has 5 heteroatoms. The Morgan fingerprint density at radius 2 is 2.11 bits per heavy atom. The molecule has 1 N–H and O–H groups in total. The highest BCUT2D eigenvalue weighted by molar-refractivity contribution is 9.10. The second-order valence-corrected chi connectivity index (χ2v) is 5.99. The van der Waals surface area contributed by atoms with Gasteiger partial charge < -0.3 is 9.84 Å². The normalized spacial score (nSPS) is 12.5. The van der Waals surface area contributed by atoms with E-state index in [-0.39, 0.29) is 5.75 Å². The molecule has 0 radical (unpaired) electrons. The number of thiophene rings is 1. The molecule has 0 spiro atoms. The van der Waals surface area contributed by atoms with Crippen LogP contribution in [0.4, 0.5) is 4.39 Å². The molecule has 0 aliphatic carbocycles. The maximum Gasteiger partial charge on any atom is 0.165 e. The molecule has 1 atom stereocenters. The fourth-order valence-corrected chi connectivity index (χ4v) is 3.20. The molecule has 1 aromatic carbocycles. The van der Waals surface area contributed by atoms with E-state index in [1.165, 1.54) is 30.6 Å². The van der Waals surface area contributed by atoms with Crippen LogP contribution in [-0.2, 0) is 0 Å². The number of aliphatic hydroxyl groups is 1. The maximum atomic E-state index is 13.3. The van der Waals surface area contributed by atoms with Crippen LogP contribution in [-0.4, -0.2) is 12.2 Å². The highest BCUT2D eigenvalue weighted by Gasteiger charge is 2.16. The van der Waals surface area contributed by atoms with Gasteiger partial charge in [-0.15, -0.1) is 11.3 Å². The van der Waals surface area contributed by atoms with Crippen molar-refractivity contribution in [1.82, 2.24) is 0 Å². The molecule has 0 saturated carbocycles. The fraction of sp³-hybridized carbons (Fsp3) is 0.231. The first-order chi connectivity index (χ1) is 8.52. The number of hydrogen-bond acceptors (Lipinski definition) is 3. The Morgan fingerprint density at radius 1 is 1.39 bits per heavy atom. The van der Waals surface area contributed by atoms with Crippen molar-refractivity contribution in [3.8, 4) is 5.75 Å². The van der Waals surface area contributed by atoms with Gasteiger partial charge in [0.05, 0.1) is 7.11 Å². The molecule has 2 rings (SSSR count). The lowest BCUT2D eigenvalue weighted by Gasteiger charge is -2.10. The highest BCUT2D eigenvalue weighted by atomic mass is 79.9. The minimum Gasteiger partial charge on any atom is -0.494 e. The third-order valence-electron chi connectivity index (χ3n) is 2.64. The summed E-state index contributed by atoms with van der Waals surface area (Å²) in [7, 11) is 1.40. The van der Waals surface area contributed by atoms with E-state index < -0.39 is 11.9 Å². The van der Waals surface area contributed by atoms with Crippen LogP contribution < -0.4 is 4.74 Å². The average molecular weight is 331 g/mol. The number of aryl methyl sites for hydroxylation is 1. The number of benzene rings is 1. The Balaban J connectivity index is 2.36. The summed E-state index contributed by atoms with van der Waals surface area (Å²) in [4.78, 5) is 1.91. The molecule has 0 aliphatic rings. The molecule has 96 valence electrons. The topological polar surface area (TPSA) is 29.5 Å². The van der Waals surface area contributed by atoms with Crippen molar-refractivity contribution in [2.75, 3.05) is 7.11 Å². The van der Waals surface area contributed by atoms with Crippen LogP contribution in [0.25, 0.3) is 0 Å². The number of halogens is 2. The summed E-state index contributed by atoms with van der Waals surface area (Å²) in [5.74, 6) is -0.295. The molecule has 0 amide bonds. The molecule has 0 bridgehead atoms. The van der Waals surface area contributed by atoms with E-state index in [2.05, 4.69) is 15.9 Å². The van der Waals surface area contributed by atoms with Gasteiger partial charge in [-0.25, -0.2) is 4.39 Å². The molecule has 0 saturated heterocycles. The summed E-state index contributed by atoms with van der Waals surface area (Å²) in [6.07, 6.45) is -0.769. The molecule has 18 heavy (non-hydrogen) atoms. The van der Waals surface area contributed by atoms with Crippen LogP contribution >= 0.6 is 27.3 Å². The van der Waals surface area contributed by atoms with Crippen LogP contribution in [0.1, 0.15) is 21.4 Å². The van der Waals surface area contributed by atoms with E-state index in [1.807, 2.05) is 13.0 Å². The lowest BCUT2D eigenvalue weighted by atomic mass is 10.1. The van der Waals surface area contributed by atoms with Crippen LogP contribution in [0.5, 0.6) is 5.75 Å². The van der Waals surface area contributed by atoms with Crippen molar-refractivity contribution < 1.29 is 14.2 Å². The number of rotatable bonds is 3. The first-order valence-corrected chi connectivity index (χ1v) is 6.91. The van der Waals surface area contributed by atoms with Gasteiger partial charge in [0.1, 0.15) is 6.10 Å². The summed E-state index contributed by atoms with van der Waals surface area (Å²) in [6, 6.07) is 6.25. The summed E-state index contributed by atoms with van der Waals surface area (Å²) in [5.41, 5.74) is 0.613. The zero-order valence-electron chi connectivity index (χ0n) is 9.91. The first-order valence-electron chi connectivity index (χ1n) is 5.30. The number of methoxy groups -OCH3 is 1. The van der Waals surface area contributed by atoms with Gasteiger partial charge in [-0.3, -0.25) is 0 Å². The van der Waals surface area contributed by atoms with Crippen molar-refractivity contribution in [3.63, 3.8) is 0 Å². The minimum absolute atomic E-state index is 0.138. The van der Waals surface area contributed by atoms with E-state index in [9.17, 15) is 9.50 Å². The monoisotopic (exact) mass is 330 g/mol. The van der Waals surface area contributed by atoms with Crippen LogP contribution in [0, 0.1) is 12.7 Å². The van der Waals surface area contributed by atoms with Gasteiger partial charge in [0.2, 0.25) is 0 Å². The molecule has 1 unspecified atom stereocenters. The second-order valence-electron chi connectivity index (χ2n) is 3.85. The van der Waals surface area contributed by atoms with Crippen molar-refractivity contribution in [2.24, 2.45) is 0 Å². The van der Waals surface area contributed by atoms with Crippen LogP contribution in [0.15, 0.2) is 28.7 Å². The van der Waals surface area contributed by atoms with E-state index in [1.54, 1.807) is 6.07 Å². The first kappa shape index (κ1) is 13.5. The average Bonchev–Trinajstić information content (AvgIpc) is 2.69. The van der Waals surface area contributed by atoms with Gasteiger partial charge in [-0.05, 0) is 46.6 Å². The van der Waals surface area contributed by atoms with Gasteiger partial charge in [0.25, 0.3) is 0 Å². The molecular formula is C13H12BrFO2S. The molecule has 0 aliphatic heterocycles. The fourth-order valence-electron chi connectivity index (χ4n) is 1.63. The lowest BCUT2D eigenvalue weighted by Crippen LogP contribution is -1.98. The largest absolute Gasteiger partial charge is 0.494 e. The van der Waals surface area contributed by atoms with Crippen molar-refractivity contribution in [3.05, 3.63) is 49.9 Å². The maximum absolute atomic E-state index is 13.3. The predicted molar refractivity (Wildman–Crippen MR) is 73.8 cm³/mol. The van der Waals surface area contributed by atoms with Crippen molar-refractivity contribution >= 4 is 27.3 Å². The SMILES string of the molecule is COc1cc(C(O)c2cc(Br)c(C)s2)ccc1F. The summed E-state index contributed by atoms with van der Waals surface area (Å²) >= 11 is 4.91.